The highest BCUT2D eigenvalue weighted by atomic mass is 16.6. The third kappa shape index (κ3) is 3.24. The summed E-state index contributed by atoms with van der Waals surface area (Å²) in [6.07, 6.45) is 4.55. The molecule has 1 heterocycles. The normalized spacial score (nSPS) is 24.4. The average molecular weight is 462 g/mol. The molecule has 3 aliphatic rings. The number of hydrogen-bond donors (Lipinski definition) is 0. The minimum absolute atomic E-state index is 0.00272. The van der Waals surface area contributed by atoms with Crippen molar-refractivity contribution < 1.29 is 24.2 Å². The largest absolute Gasteiger partial charge is 0.274 e. The lowest BCUT2D eigenvalue weighted by Gasteiger charge is -2.31. The molecule has 0 unspecified atom stereocenters. The Bertz CT molecular complexity index is 1240. The van der Waals surface area contributed by atoms with E-state index in [9.17, 15) is 34.6 Å². The second-order valence-electron chi connectivity index (χ2n) is 8.54. The van der Waals surface area contributed by atoms with Crippen LogP contribution in [0.25, 0.3) is 0 Å². The molecule has 34 heavy (non-hydrogen) atoms. The van der Waals surface area contributed by atoms with Gasteiger partial charge in [0, 0.05) is 23.8 Å². The van der Waals surface area contributed by atoms with Crippen molar-refractivity contribution in [3.05, 3.63) is 92.0 Å². The second kappa shape index (κ2) is 7.87. The maximum atomic E-state index is 13.5. The van der Waals surface area contributed by atoms with Crippen molar-refractivity contribution in [2.45, 2.75) is 13.0 Å². The molecule has 0 aromatic heterocycles. The standard InChI is InChI=1S/C23H18N4O7/c28-21(13-7-9-17(10-8-13)26(31)32)24(12-16-3-1-2-4-18(16)27(33)34)25-22(29)19-14-5-6-15(11-14)20(19)23(25)30/h1-10,14-15,19-20H,11-12H2/t14-,15-,19-,20+/m0/s1. The molecule has 1 saturated carbocycles. The Balaban J connectivity index is 1.54. The van der Waals surface area contributed by atoms with E-state index in [0.717, 1.165) is 22.2 Å². The Hall–Kier alpha value is -4.41. The number of allylic oxidation sites excluding steroid dienone is 2. The van der Waals surface area contributed by atoms with Gasteiger partial charge in [0.1, 0.15) is 0 Å². The number of fused-ring (bicyclic) bond motifs is 5. The molecule has 2 bridgehead atoms. The van der Waals surface area contributed by atoms with Crippen LogP contribution in [0.1, 0.15) is 22.3 Å². The average Bonchev–Trinajstić information content (AvgIpc) is 3.51. The third-order valence-electron chi connectivity index (χ3n) is 6.76. The van der Waals surface area contributed by atoms with Crippen molar-refractivity contribution in [3.63, 3.8) is 0 Å². The Morgan fingerprint density at radius 2 is 1.50 bits per heavy atom. The SMILES string of the molecule is O=C(c1ccc([N+](=O)[O-])cc1)N(Cc1ccccc1[N+](=O)[O-])N1C(=O)[C@@H]2[C@H](C1=O)[C@H]1C=C[C@H]2C1. The van der Waals surface area contributed by atoms with E-state index < -0.39 is 45.9 Å². The predicted octanol–water partition coefficient (Wildman–Crippen LogP) is 2.87. The Kier molecular flexibility index (Phi) is 4.96. The topological polar surface area (TPSA) is 144 Å². The Labute approximate surface area is 192 Å². The molecule has 11 nitrogen and oxygen atoms in total. The smallest absolute Gasteiger partial charge is 0.272 e. The number of nitro groups is 2. The van der Waals surface area contributed by atoms with Crippen molar-refractivity contribution >= 4 is 29.1 Å². The van der Waals surface area contributed by atoms with Crippen LogP contribution in [0.2, 0.25) is 0 Å². The van der Waals surface area contributed by atoms with E-state index >= 15 is 0 Å². The van der Waals surface area contributed by atoms with Crippen LogP contribution in [0.3, 0.4) is 0 Å². The minimum Gasteiger partial charge on any atom is -0.272 e. The van der Waals surface area contributed by atoms with Gasteiger partial charge >= 0.3 is 0 Å². The maximum Gasteiger partial charge on any atom is 0.274 e. The highest BCUT2D eigenvalue weighted by molar-refractivity contribution is 6.08. The summed E-state index contributed by atoms with van der Waals surface area (Å²) in [6.45, 7) is -0.396. The van der Waals surface area contributed by atoms with Gasteiger partial charge in [0.05, 0.1) is 33.8 Å². The monoisotopic (exact) mass is 462 g/mol. The van der Waals surface area contributed by atoms with Crippen LogP contribution < -0.4 is 0 Å². The summed E-state index contributed by atoms with van der Waals surface area (Å²) in [4.78, 5) is 61.5. The van der Waals surface area contributed by atoms with E-state index in [1.807, 2.05) is 12.2 Å². The van der Waals surface area contributed by atoms with Gasteiger partial charge in [-0.05, 0) is 30.4 Å². The summed E-state index contributed by atoms with van der Waals surface area (Å²) >= 11 is 0. The molecule has 1 saturated heterocycles. The number of benzene rings is 2. The number of imide groups is 1. The Morgan fingerprint density at radius 1 is 0.912 bits per heavy atom. The number of rotatable bonds is 6. The van der Waals surface area contributed by atoms with Gasteiger partial charge in [0.2, 0.25) is 0 Å². The quantitative estimate of drug-likeness (QED) is 0.278. The molecular weight excluding hydrogens is 444 g/mol. The third-order valence-corrected chi connectivity index (χ3v) is 6.76. The number of carbonyl (C=O) groups is 3. The van der Waals surface area contributed by atoms with E-state index in [2.05, 4.69) is 0 Å². The number of nitro benzene ring substituents is 2. The molecule has 0 spiro atoms. The van der Waals surface area contributed by atoms with Crippen LogP contribution >= 0.6 is 0 Å². The molecule has 0 N–H and O–H groups in total. The van der Waals surface area contributed by atoms with Crippen molar-refractivity contribution in [1.82, 2.24) is 10.0 Å². The fourth-order valence-corrected chi connectivity index (χ4v) is 5.22. The van der Waals surface area contributed by atoms with Gasteiger partial charge in [-0.1, -0.05) is 30.4 Å². The van der Waals surface area contributed by atoms with Crippen LogP contribution in [-0.4, -0.2) is 37.6 Å². The number of carbonyl (C=O) groups excluding carboxylic acids is 3. The van der Waals surface area contributed by atoms with E-state index in [-0.39, 0.29) is 34.3 Å². The molecular formula is C23H18N4O7. The van der Waals surface area contributed by atoms with Gasteiger partial charge in [0.15, 0.2) is 0 Å². The van der Waals surface area contributed by atoms with E-state index in [0.29, 0.717) is 6.42 Å². The van der Waals surface area contributed by atoms with Crippen molar-refractivity contribution in [2.24, 2.45) is 23.7 Å². The van der Waals surface area contributed by atoms with E-state index in [4.69, 9.17) is 0 Å². The van der Waals surface area contributed by atoms with Crippen LogP contribution in [0.15, 0.2) is 60.7 Å². The number of amides is 3. The number of para-hydroxylation sites is 1. The maximum absolute atomic E-state index is 13.5. The van der Waals surface area contributed by atoms with Crippen LogP contribution in [0.5, 0.6) is 0 Å². The molecule has 2 fully saturated rings. The molecule has 172 valence electrons. The molecule has 4 atom stereocenters. The van der Waals surface area contributed by atoms with Gasteiger partial charge in [-0.15, -0.1) is 0 Å². The number of hydrogen-bond acceptors (Lipinski definition) is 7. The zero-order valence-electron chi connectivity index (χ0n) is 17.6. The first kappa shape index (κ1) is 21.4. The first-order chi connectivity index (χ1) is 16.3. The van der Waals surface area contributed by atoms with Crippen molar-refractivity contribution in [1.29, 1.82) is 0 Å². The zero-order valence-corrected chi connectivity index (χ0v) is 17.6. The van der Waals surface area contributed by atoms with Gasteiger partial charge in [-0.25, -0.2) is 5.01 Å². The van der Waals surface area contributed by atoms with Gasteiger partial charge < -0.3 is 0 Å². The summed E-state index contributed by atoms with van der Waals surface area (Å²) in [5.74, 6) is -3.10. The first-order valence-electron chi connectivity index (χ1n) is 10.6. The fourth-order valence-electron chi connectivity index (χ4n) is 5.22. The van der Waals surface area contributed by atoms with Crippen molar-refractivity contribution in [2.75, 3.05) is 0 Å². The van der Waals surface area contributed by atoms with E-state index in [1.54, 1.807) is 6.07 Å². The fraction of sp³-hybridized carbons (Fsp3) is 0.261. The van der Waals surface area contributed by atoms with Crippen LogP contribution in [-0.2, 0) is 16.1 Å². The van der Waals surface area contributed by atoms with E-state index in [1.165, 1.54) is 30.3 Å². The summed E-state index contributed by atoms with van der Waals surface area (Å²) in [5.41, 5.74) is -0.346. The molecule has 1 aliphatic heterocycles. The molecule has 3 amide bonds. The molecule has 0 radical (unpaired) electrons. The molecule has 5 rings (SSSR count). The lowest BCUT2D eigenvalue weighted by atomic mass is 9.85. The number of non-ortho nitro benzene ring substituents is 1. The predicted molar refractivity (Wildman–Crippen MR) is 116 cm³/mol. The van der Waals surface area contributed by atoms with Gasteiger partial charge in [-0.2, -0.15) is 5.01 Å². The number of nitrogens with zero attached hydrogens (tertiary/aromatic N) is 4. The highest BCUT2D eigenvalue weighted by Gasteiger charge is 2.61. The lowest BCUT2D eigenvalue weighted by Crippen LogP contribution is -2.50. The van der Waals surface area contributed by atoms with Crippen LogP contribution in [0.4, 0.5) is 11.4 Å². The minimum atomic E-state index is -0.768. The summed E-state index contributed by atoms with van der Waals surface area (Å²) in [6, 6.07) is 10.5. The van der Waals surface area contributed by atoms with Gasteiger partial charge in [0.25, 0.3) is 29.1 Å². The highest BCUT2D eigenvalue weighted by Crippen LogP contribution is 2.53. The zero-order chi connectivity index (χ0) is 24.1. The molecule has 2 aromatic rings. The summed E-state index contributed by atoms with van der Waals surface area (Å²) in [5, 5.41) is 24.3. The van der Waals surface area contributed by atoms with Gasteiger partial charge in [-0.3, -0.25) is 34.6 Å². The Morgan fingerprint density at radius 3 is 2.06 bits per heavy atom. The molecule has 11 heteroatoms. The summed E-state index contributed by atoms with van der Waals surface area (Å²) < 4.78 is 0. The second-order valence-corrected chi connectivity index (χ2v) is 8.54. The number of hydrazine groups is 1. The van der Waals surface area contributed by atoms with Crippen molar-refractivity contribution in [3.8, 4) is 0 Å². The molecule has 2 aliphatic carbocycles. The molecule has 2 aromatic carbocycles. The first-order valence-corrected chi connectivity index (χ1v) is 10.6. The summed E-state index contributed by atoms with van der Waals surface area (Å²) in [7, 11) is 0. The lowest BCUT2D eigenvalue weighted by molar-refractivity contribution is -0.385. The van der Waals surface area contributed by atoms with Crippen LogP contribution in [0, 0.1) is 43.9 Å².